The molecule has 0 atom stereocenters. The van der Waals surface area contributed by atoms with Crippen LogP contribution in [0.5, 0.6) is 5.75 Å². The first-order valence-electron chi connectivity index (χ1n) is 9.52. The van der Waals surface area contributed by atoms with Gasteiger partial charge in [-0.3, -0.25) is 9.59 Å². The predicted molar refractivity (Wildman–Crippen MR) is 116 cm³/mol. The molecule has 0 saturated carbocycles. The van der Waals surface area contributed by atoms with Gasteiger partial charge in [-0.2, -0.15) is 0 Å². The fraction of sp³-hybridized carbons (Fsp3) is 0.273. The Morgan fingerprint density at radius 3 is 2.55 bits per heavy atom. The second-order valence-corrected chi connectivity index (χ2v) is 7.13. The van der Waals surface area contributed by atoms with Gasteiger partial charge in [0.15, 0.2) is 6.61 Å². The van der Waals surface area contributed by atoms with Gasteiger partial charge in [0.2, 0.25) is 0 Å². The number of aromatic nitrogens is 1. The zero-order valence-corrected chi connectivity index (χ0v) is 17.5. The fourth-order valence-electron chi connectivity index (χ4n) is 3.08. The van der Waals surface area contributed by atoms with E-state index in [1.54, 1.807) is 23.1 Å². The minimum atomic E-state index is -0.264. The van der Waals surface area contributed by atoms with Crippen molar-refractivity contribution < 1.29 is 14.3 Å². The number of benzene rings is 2. The molecule has 0 unspecified atom stereocenters. The topological polar surface area (TPSA) is 74.4 Å². The molecular formula is C22H24ClN3O3. The Balaban J connectivity index is 1.66. The minimum absolute atomic E-state index is 0.0818. The molecule has 6 nitrogen and oxygen atoms in total. The van der Waals surface area contributed by atoms with Crippen LogP contribution < -0.4 is 10.1 Å². The zero-order chi connectivity index (χ0) is 21.0. The highest BCUT2D eigenvalue weighted by atomic mass is 35.5. The molecule has 2 N–H and O–H groups in total. The molecule has 0 radical (unpaired) electrons. The number of halogens is 1. The first-order chi connectivity index (χ1) is 13.9. The largest absolute Gasteiger partial charge is 0.482 e. The normalized spacial score (nSPS) is 10.8. The van der Waals surface area contributed by atoms with Gasteiger partial charge in [0, 0.05) is 29.7 Å². The third-order valence-electron chi connectivity index (χ3n) is 4.68. The Morgan fingerprint density at radius 2 is 1.86 bits per heavy atom. The molecule has 3 aromatic rings. The van der Waals surface area contributed by atoms with Gasteiger partial charge in [0.1, 0.15) is 11.4 Å². The number of hydrogen-bond acceptors (Lipinski definition) is 3. The van der Waals surface area contributed by atoms with Gasteiger partial charge in [-0.1, -0.05) is 23.2 Å². The maximum atomic E-state index is 12.6. The summed E-state index contributed by atoms with van der Waals surface area (Å²) >= 11 is 6.26. The number of aromatic amines is 1. The van der Waals surface area contributed by atoms with Crippen LogP contribution in [-0.4, -0.2) is 41.4 Å². The molecule has 0 aliphatic rings. The number of nitrogens with zero attached hydrogens (tertiary/aromatic N) is 1. The van der Waals surface area contributed by atoms with Crippen molar-refractivity contribution >= 4 is 40.0 Å². The third-order valence-corrected chi connectivity index (χ3v) is 4.97. The fourth-order valence-corrected chi connectivity index (χ4v) is 3.31. The van der Waals surface area contributed by atoms with Crippen LogP contribution in [0.25, 0.3) is 10.9 Å². The highest BCUT2D eigenvalue weighted by Crippen LogP contribution is 2.28. The number of hydrogen-bond donors (Lipinski definition) is 2. The smallest absolute Gasteiger partial charge is 0.272 e. The maximum Gasteiger partial charge on any atom is 0.272 e. The quantitative estimate of drug-likeness (QED) is 0.593. The summed E-state index contributed by atoms with van der Waals surface area (Å²) in [7, 11) is 0. The number of amides is 2. The molecule has 2 aromatic carbocycles. The van der Waals surface area contributed by atoms with Gasteiger partial charge in [-0.15, -0.1) is 0 Å². The SMILES string of the molecule is CCN(CC)C(=O)COc1ccc(NC(=O)c2cc3cc(C)ccc3[nH]2)cc1Cl. The summed E-state index contributed by atoms with van der Waals surface area (Å²) in [4.78, 5) is 29.4. The van der Waals surface area contributed by atoms with Crippen molar-refractivity contribution in [1.82, 2.24) is 9.88 Å². The van der Waals surface area contributed by atoms with Crippen LogP contribution in [-0.2, 0) is 4.79 Å². The number of aryl methyl sites for hydroxylation is 1. The monoisotopic (exact) mass is 413 g/mol. The number of nitrogens with one attached hydrogen (secondary N) is 2. The first kappa shape index (κ1) is 20.7. The van der Waals surface area contributed by atoms with Crippen molar-refractivity contribution in [2.75, 3.05) is 25.0 Å². The molecular weight excluding hydrogens is 390 g/mol. The molecule has 3 rings (SSSR count). The Kier molecular flexibility index (Phi) is 6.44. The number of anilines is 1. The second-order valence-electron chi connectivity index (χ2n) is 6.73. The lowest BCUT2D eigenvalue weighted by Crippen LogP contribution is -2.34. The van der Waals surface area contributed by atoms with E-state index in [-0.39, 0.29) is 18.4 Å². The number of fused-ring (bicyclic) bond motifs is 1. The zero-order valence-electron chi connectivity index (χ0n) is 16.7. The first-order valence-corrected chi connectivity index (χ1v) is 9.90. The number of carbonyl (C=O) groups excluding carboxylic acids is 2. The Hall–Kier alpha value is -2.99. The predicted octanol–water partition coefficient (Wildman–Crippen LogP) is 4.63. The minimum Gasteiger partial charge on any atom is -0.482 e. The van der Waals surface area contributed by atoms with Gasteiger partial charge >= 0.3 is 0 Å². The van der Waals surface area contributed by atoms with E-state index in [9.17, 15) is 9.59 Å². The Bertz CT molecular complexity index is 1040. The lowest BCUT2D eigenvalue weighted by molar-refractivity contribution is -0.132. The van der Waals surface area contributed by atoms with Gasteiger partial charge in [-0.05, 0) is 57.2 Å². The van der Waals surface area contributed by atoms with Gasteiger partial charge in [-0.25, -0.2) is 0 Å². The van der Waals surface area contributed by atoms with Crippen LogP contribution in [0, 0.1) is 6.92 Å². The van der Waals surface area contributed by atoms with E-state index in [4.69, 9.17) is 16.3 Å². The van der Waals surface area contributed by atoms with Crippen LogP contribution in [0.1, 0.15) is 29.9 Å². The number of likely N-dealkylation sites (N-methyl/N-ethyl adjacent to an activating group) is 1. The standard InChI is InChI=1S/C22H24ClN3O3/c1-4-26(5-2)21(27)13-29-20-9-7-16(12-17(20)23)24-22(28)19-11-15-10-14(3)6-8-18(15)25-19/h6-12,25H,4-5,13H2,1-3H3,(H,24,28). The average molecular weight is 414 g/mol. The summed E-state index contributed by atoms with van der Waals surface area (Å²) < 4.78 is 5.54. The van der Waals surface area contributed by atoms with Gasteiger partial charge < -0.3 is 19.9 Å². The van der Waals surface area contributed by atoms with Crippen molar-refractivity contribution in [3.8, 4) is 5.75 Å². The van der Waals surface area contributed by atoms with Gasteiger partial charge in [0.05, 0.1) is 5.02 Å². The maximum absolute atomic E-state index is 12.6. The third kappa shape index (κ3) is 4.90. The van der Waals surface area contributed by atoms with E-state index in [1.165, 1.54) is 0 Å². The van der Waals surface area contributed by atoms with Crippen LogP contribution in [0.2, 0.25) is 5.02 Å². The summed E-state index contributed by atoms with van der Waals surface area (Å²) in [6.07, 6.45) is 0. The average Bonchev–Trinajstić information content (AvgIpc) is 3.11. The van der Waals surface area contributed by atoms with E-state index in [1.807, 2.05) is 45.0 Å². The molecule has 1 aromatic heterocycles. The Morgan fingerprint density at radius 1 is 1.10 bits per heavy atom. The molecule has 29 heavy (non-hydrogen) atoms. The number of carbonyl (C=O) groups is 2. The number of H-pyrrole nitrogens is 1. The van der Waals surface area contributed by atoms with Crippen LogP contribution in [0.3, 0.4) is 0 Å². The van der Waals surface area contributed by atoms with Gasteiger partial charge in [0.25, 0.3) is 11.8 Å². The summed E-state index contributed by atoms with van der Waals surface area (Å²) in [6.45, 7) is 7.02. The van der Waals surface area contributed by atoms with Crippen molar-refractivity contribution in [1.29, 1.82) is 0 Å². The lowest BCUT2D eigenvalue weighted by atomic mass is 10.2. The van der Waals surface area contributed by atoms with E-state index >= 15 is 0 Å². The van der Waals surface area contributed by atoms with Crippen molar-refractivity contribution in [3.63, 3.8) is 0 Å². The van der Waals surface area contributed by atoms with E-state index in [2.05, 4.69) is 10.3 Å². The molecule has 0 aliphatic carbocycles. The van der Waals surface area contributed by atoms with Crippen molar-refractivity contribution in [3.05, 3.63) is 58.7 Å². The van der Waals surface area contributed by atoms with E-state index in [0.717, 1.165) is 16.5 Å². The number of rotatable bonds is 7. The van der Waals surface area contributed by atoms with Crippen LogP contribution >= 0.6 is 11.6 Å². The van der Waals surface area contributed by atoms with Crippen molar-refractivity contribution in [2.45, 2.75) is 20.8 Å². The molecule has 2 amide bonds. The highest BCUT2D eigenvalue weighted by Gasteiger charge is 2.14. The molecule has 0 spiro atoms. The lowest BCUT2D eigenvalue weighted by Gasteiger charge is -2.19. The van der Waals surface area contributed by atoms with Crippen molar-refractivity contribution in [2.24, 2.45) is 0 Å². The molecule has 0 saturated heterocycles. The summed E-state index contributed by atoms with van der Waals surface area (Å²) in [6, 6.07) is 12.7. The van der Waals surface area contributed by atoms with Crippen LogP contribution in [0.15, 0.2) is 42.5 Å². The summed E-state index contributed by atoms with van der Waals surface area (Å²) in [5, 5.41) is 4.12. The van der Waals surface area contributed by atoms with E-state index < -0.39 is 0 Å². The summed E-state index contributed by atoms with van der Waals surface area (Å²) in [5.41, 5.74) is 3.04. The van der Waals surface area contributed by atoms with E-state index in [0.29, 0.717) is 35.2 Å². The Labute approximate surface area is 174 Å². The molecule has 0 aliphatic heterocycles. The summed E-state index contributed by atoms with van der Waals surface area (Å²) in [5.74, 6) is 0.0315. The molecule has 0 fully saturated rings. The van der Waals surface area contributed by atoms with Crippen LogP contribution in [0.4, 0.5) is 5.69 Å². The molecule has 0 bridgehead atoms. The molecule has 152 valence electrons. The molecule has 1 heterocycles. The second kappa shape index (κ2) is 9.01. The highest BCUT2D eigenvalue weighted by molar-refractivity contribution is 6.32. The molecule has 7 heteroatoms. The number of ether oxygens (including phenoxy) is 1.